The van der Waals surface area contributed by atoms with E-state index in [1.807, 2.05) is 31.4 Å². The molecule has 1 aromatic carbocycles. The highest BCUT2D eigenvalue weighted by Crippen LogP contribution is 2.25. The summed E-state index contributed by atoms with van der Waals surface area (Å²) in [7, 11) is 1.64. The Balaban J connectivity index is 2.58. The number of thioether (sulfide) groups is 1. The summed E-state index contributed by atoms with van der Waals surface area (Å²) in [5.74, 6) is 0.758. The van der Waals surface area contributed by atoms with Crippen LogP contribution < -0.4 is 4.74 Å². The quantitative estimate of drug-likeness (QED) is 0.759. The first-order chi connectivity index (χ1) is 7.76. The molecule has 6 heteroatoms. The molecular formula is C10H12N4OS. The van der Waals surface area contributed by atoms with Crippen LogP contribution in [0.5, 0.6) is 5.75 Å². The number of aryl methyl sites for hydroxylation is 1. The minimum atomic E-state index is 0.740. The number of aromatic nitrogens is 4. The number of nitrogens with zero attached hydrogens (tertiary/aromatic N) is 4. The topological polar surface area (TPSA) is 52.8 Å². The number of ether oxygens (including phenoxy) is 1. The Hall–Kier alpha value is -1.56. The van der Waals surface area contributed by atoms with Crippen LogP contribution in [0.15, 0.2) is 23.4 Å². The summed E-state index contributed by atoms with van der Waals surface area (Å²) in [5.41, 5.74) is 2.00. The highest BCUT2D eigenvalue weighted by Gasteiger charge is 2.11. The first kappa shape index (κ1) is 10.9. The van der Waals surface area contributed by atoms with Gasteiger partial charge in [0.25, 0.3) is 0 Å². The zero-order valence-electron chi connectivity index (χ0n) is 9.34. The van der Waals surface area contributed by atoms with E-state index in [2.05, 4.69) is 15.5 Å². The van der Waals surface area contributed by atoms with Gasteiger partial charge in [-0.25, -0.2) is 0 Å². The Morgan fingerprint density at radius 2 is 2.19 bits per heavy atom. The fourth-order valence-electron chi connectivity index (χ4n) is 1.42. The molecule has 0 aliphatic rings. The van der Waals surface area contributed by atoms with Crippen molar-refractivity contribution in [2.24, 2.45) is 0 Å². The number of tetrazole rings is 1. The van der Waals surface area contributed by atoms with E-state index in [4.69, 9.17) is 4.74 Å². The molecule has 0 N–H and O–H groups in total. The lowest BCUT2D eigenvalue weighted by Gasteiger charge is -2.09. The molecule has 0 amide bonds. The molecule has 0 fully saturated rings. The van der Waals surface area contributed by atoms with E-state index < -0.39 is 0 Å². The van der Waals surface area contributed by atoms with Gasteiger partial charge in [-0.1, -0.05) is 17.8 Å². The Labute approximate surface area is 97.8 Å². The summed E-state index contributed by atoms with van der Waals surface area (Å²) in [6.07, 6.45) is 1.93. The number of benzene rings is 1. The molecule has 16 heavy (non-hydrogen) atoms. The molecule has 0 saturated carbocycles. The van der Waals surface area contributed by atoms with E-state index in [1.54, 1.807) is 11.8 Å². The van der Waals surface area contributed by atoms with Crippen molar-refractivity contribution < 1.29 is 4.74 Å². The van der Waals surface area contributed by atoms with Crippen LogP contribution in [0.2, 0.25) is 0 Å². The van der Waals surface area contributed by atoms with E-state index in [1.165, 1.54) is 11.8 Å². The van der Waals surface area contributed by atoms with E-state index >= 15 is 0 Å². The first-order valence-electron chi connectivity index (χ1n) is 4.73. The van der Waals surface area contributed by atoms with Gasteiger partial charge < -0.3 is 4.74 Å². The Morgan fingerprint density at radius 3 is 2.88 bits per heavy atom. The van der Waals surface area contributed by atoms with Crippen LogP contribution >= 0.6 is 11.8 Å². The molecule has 1 heterocycles. The zero-order chi connectivity index (χ0) is 11.5. The molecule has 0 aliphatic heterocycles. The second-order valence-corrected chi connectivity index (χ2v) is 4.03. The van der Waals surface area contributed by atoms with E-state index in [0.717, 1.165) is 22.2 Å². The highest BCUT2D eigenvalue weighted by molar-refractivity contribution is 7.98. The molecule has 0 saturated heterocycles. The fraction of sp³-hybridized carbons (Fsp3) is 0.300. The lowest BCUT2D eigenvalue weighted by Crippen LogP contribution is -2.02. The van der Waals surface area contributed by atoms with E-state index in [0.29, 0.717) is 0 Å². The van der Waals surface area contributed by atoms with Crippen LogP contribution in [-0.4, -0.2) is 33.6 Å². The SMILES string of the molecule is COc1ccc(C)cc1-n1nnnc1SC. The third-order valence-electron chi connectivity index (χ3n) is 2.19. The van der Waals surface area contributed by atoms with Gasteiger partial charge in [-0.2, -0.15) is 4.68 Å². The molecule has 5 nitrogen and oxygen atoms in total. The number of rotatable bonds is 3. The van der Waals surface area contributed by atoms with Gasteiger partial charge in [0.05, 0.1) is 7.11 Å². The molecular weight excluding hydrogens is 224 g/mol. The summed E-state index contributed by atoms with van der Waals surface area (Å²) in [6.45, 7) is 2.02. The summed E-state index contributed by atoms with van der Waals surface area (Å²) in [5, 5.41) is 12.3. The number of hydrogen-bond acceptors (Lipinski definition) is 5. The van der Waals surface area contributed by atoms with Crippen LogP contribution in [0.25, 0.3) is 5.69 Å². The first-order valence-corrected chi connectivity index (χ1v) is 5.96. The van der Waals surface area contributed by atoms with Crippen molar-refractivity contribution >= 4 is 11.8 Å². The molecule has 0 atom stereocenters. The minimum Gasteiger partial charge on any atom is -0.494 e. The van der Waals surface area contributed by atoms with Crippen molar-refractivity contribution in [1.29, 1.82) is 0 Å². The van der Waals surface area contributed by atoms with Crippen LogP contribution in [0.1, 0.15) is 5.56 Å². The van der Waals surface area contributed by atoms with Crippen molar-refractivity contribution in [2.75, 3.05) is 13.4 Å². The minimum absolute atomic E-state index is 0.740. The Kier molecular flexibility index (Phi) is 3.09. The van der Waals surface area contributed by atoms with Crippen LogP contribution in [0.3, 0.4) is 0 Å². The maximum absolute atomic E-state index is 5.30. The average Bonchev–Trinajstić information content (AvgIpc) is 2.76. The van der Waals surface area contributed by atoms with Gasteiger partial charge >= 0.3 is 0 Å². The van der Waals surface area contributed by atoms with E-state index in [-0.39, 0.29) is 0 Å². The summed E-state index contributed by atoms with van der Waals surface area (Å²) >= 11 is 1.49. The van der Waals surface area contributed by atoms with Gasteiger partial charge in [-0.15, -0.1) is 5.10 Å². The maximum atomic E-state index is 5.30. The molecule has 84 valence electrons. The summed E-state index contributed by atoms with van der Waals surface area (Å²) in [4.78, 5) is 0. The fourth-order valence-corrected chi connectivity index (χ4v) is 1.85. The molecule has 0 aliphatic carbocycles. The molecule has 0 spiro atoms. The predicted octanol–water partition coefficient (Wildman–Crippen LogP) is 1.70. The van der Waals surface area contributed by atoms with Gasteiger partial charge in [0, 0.05) is 0 Å². The average molecular weight is 236 g/mol. The standard InChI is InChI=1S/C10H12N4OS/c1-7-4-5-9(15-2)8(6-7)14-10(16-3)11-12-13-14/h4-6H,1-3H3. The van der Waals surface area contributed by atoms with Crippen molar-refractivity contribution in [3.8, 4) is 11.4 Å². The Bertz CT molecular complexity index is 497. The lowest BCUT2D eigenvalue weighted by molar-refractivity contribution is 0.410. The van der Waals surface area contributed by atoms with Crippen molar-refractivity contribution in [3.63, 3.8) is 0 Å². The van der Waals surface area contributed by atoms with Gasteiger partial charge in [-0.3, -0.25) is 0 Å². The smallest absolute Gasteiger partial charge is 0.213 e. The molecule has 2 rings (SSSR count). The zero-order valence-corrected chi connectivity index (χ0v) is 10.2. The molecule has 1 aromatic heterocycles. The predicted molar refractivity (Wildman–Crippen MR) is 62.2 cm³/mol. The second-order valence-electron chi connectivity index (χ2n) is 3.25. The van der Waals surface area contributed by atoms with E-state index in [9.17, 15) is 0 Å². The number of methoxy groups -OCH3 is 1. The third-order valence-corrected chi connectivity index (χ3v) is 2.81. The number of hydrogen-bond donors (Lipinski definition) is 0. The van der Waals surface area contributed by atoms with Crippen molar-refractivity contribution in [2.45, 2.75) is 12.1 Å². The van der Waals surface area contributed by atoms with Gasteiger partial charge in [0.2, 0.25) is 5.16 Å². The van der Waals surface area contributed by atoms with Crippen LogP contribution in [0.4, 0.5) is 0 Å². The van der Waals surface area contributed by atoms with Crippen molar-refractivity contribution in [1.82, 2.24) is 20.2 Å². The molecule has 0 bridgehead atoms. The van der Waals surface area contributed by atoms with Gasteiger partial charge in [0.1, 0.15) is 11.4 Å². The summed E-state index contributed by atoms with van der Waals surface area (Å²) in [6, 6.07) is 5.90. The third kappa shape index (κ3) is 1.88. The van der Waals surface area contributed by atoms with Crippen LogP contribution in [0, 0.1) is 6.92 Å². The second kappa shape index (κ2) is 4.52. The molecule has 2 aromatic rings. The normalized spacial score (nSPS) is 10.4. The lowest BCUT2D eigenvalue weighted by atomic mass is 10.2. The maximum Gasteiger partial charge on any atom is 0.213 e. The largest absolute Gasteiger partial charge is 0.494 e. The highest BCUT2D eigenvalue weighted by atomic mass is 32.2. The summed E-state index contributed by atoms with van der Waals surface area (Å²) < 4.78 is 6.98. The monoisotopic (exact) mass is 236 g/mol. The van der Waals surface area contributed by atoms with Crippen LogP contribution in [-0.2, 0) is 0 Å². The Morgan fingerprint density at radius 1 is 1.38 bits per heavy atom. The molecule has 0 radical (unpaired) electrons. The molecule has 0 unspecified atom stereocenters. The van der Waals surface area contributed by atoms with Gasteiger partial charge in [0.15, 0.2) is 0 Å². The van der Waals surface area contributed by atoms with Gasteiger partial charge in [-0.05, 0) is 41.3 Å². The van der Waals surface area contributed by atoms with Crippen molar-refractivity contribution in [3.05, 3.63) is 23.8 Å².